The highest BCUT2D eigenvalue weighted by Gasteiger charge is 2.11. The summed E-state index contributed by atoms with van der Waals surface area (Å²) in [5.41, 5.74) is 1.60. The van der Waals surface area contributed by atoms with E-state index >= 15 is 0 Å². The first kappa shape index (κ1) is 18.7. The maximum Gasteiger partial charge on any atom is 0.225 e. The van der Waals surface area contributed by atoms with Gasteiger partial charge in [0, 0.05) is 24.7 Å². The topological polar surface area (TPSA) is 53.1 Å². The van der Waals surface area contributed by atoms with Crippen LogP contribution >= 0.6 is 0 Å². The fourth-order valence-electron chi connectivity index (χ4n) is 2.48. The molecule has 0 saturated carbocycles. The minimum absolute atomic E-state index is 0.0203. The Kier molecular flexibility index (Phi) is 5.93. The first-order valence-corrected chi connectivity index (χ1v) is 8.57. The van der Waals surface area contributed by atoms with E-state index in [4.69, 9.17) is 0 Å². The first-order chi connectivity index (χ1) is 13.0. The van der Waals surface area contributed by atoms with Crippen LogP contribution < -0.4 is 10.6 Å². The molecule has 3 rings (SSSR count). The van der Waals surface area contributed by atoms with Gasteiger partial charge in [-0.05, 0) is 26.2 Å². The first-order valence-electron chi connectivity index (χ1n) is 8.57. The number of hydrogen-bond acceptors (Lipinski definition) is 5. The van der Waals surface area contributed by atoms with Crippen molar-refractivity contribution in [2.75, 3.05) is 37.8 Å². The molecule has 7 heteroatoms. The van der Waals surface area contributed by atoms with Gasteiger partial charge in [-0.1, -0.05) is 36.4 Å². The molecular weight excluding hydrogens is 348 g/mol. The van der Waals surface area contributed by atoms with Gasteiger partial charge in [0.25, 0.3) is 0 Å². The third kappa shape index (κ3) is 4.98. The van der Waals surface area contributed by atoms with Crippen molar-refractivity contribution in [2.45, 2.75) is 0 Å². The number of nitrogens with zero attached hydrogens (tertiary/aromatic N) is 3. The highest BCUT2D eigenvalue weighted by molar-refractivity contribution is 5.67. The molecule has 0 aliphatic rings. The van der Waals surface area contributed by atoms with Gasteiger partial charge >= 0.3 is 0 Å². The smallest absolute Gasteiger partial charge is 0.225 e. The van der Waals surface area contributed by atoms with Crippen LogP contribution in [-0.4, -0.2) is 42.1 Å². The van der Waals surface area contributed by atoms with E-state index in [2.05, 4.69) is 20.6 Å². The van der Waals surface area contributed by atoms with Crippen LogP contribution in [0, 0.1) is 11.6 Å². The van der Waals surface area contributed by atoms with Gasteiger partial charge in [0.15, 0.2) is 11.6 Å². The molecule has 0 aliphatic heterocycles. The number of hydrogen-bond donors (Lipinski definition) is 2. The number of rotatable bonds is 7. The van der Waals surface area contributed by atoms with Crippen LogP contribution in [0.2, 0.25) is 0 Å². The van der Waals surface area contributed by atoms with Crippen LogP contribution in [-0.2, 0) is 0 Å². The molecule has 0 unspecified atom stereocenters. The number of anilines is 3. The van der Waals surface area contributed by atoms with E-state index in [9.17, 15) is 8.78 Å². The zero-order valence-electron chi connectivity index (χ0n) is 15.2. The predicted molar refractivity (Wildman–Crippen MR) is 104 cm³/mol. The molecule has 3 aromatic rings. The Labute approximate surface area is 157 Å². The Morgan fingerprint density at radius 2 is 1.74 bits per heavy atom. The van der Waals surface area contributed by atoms with E-state index < -0.39 is 11.6 Å². The summed E-state index contributed by atoms with van der Waals surface area (Å²) in [6.45, 7) is 1.46. The van der Waals surface area contributed by atoms with Gasteiger partial charge in [0.1, 0.15) is 5.82 Å². The maximum absolute atomic E-state index is 14.0. The van der Waals surface area contributed by atoms with Crippen LogP contribution in [0.1, 0.15) is 0 Å². The Hall–Kier alpha value is -3.06. The highest BCUT2D eigenvalue weighted by Crippen LogP contribution is 2.25. The summed E-state index contributed by atoms with van der Waals surface area (Å²) in [5.74, 6) is -1.07. The molecule has 27 heavy (non-hydrogen) atoms. The summed E-state index contributed by atoms with van der Waals surface area (Å²) in [5, 5.41) is 6.01. The van der Waals surface area contributed by atoms with Crippen molar-refractivity contribution >= 4 is 17.5 Å². The Morgan fingerprint density at radius 1 is 0.963 bits per heavy atom. The lowest BCUT2D eigenvalue weighted by Gasteiger charge is -2.13. The number of nitrogens with one attached hydrogen (secondary N) is 2. The van der Waals surface area contributed by atoms with Crippen LogP contribution in [0.3, 0.4) is 0 Å². The Balaban J connectivity index is 1.92. The van der Waals surface area contributed by atoms with Crippen LogP contribution in [0.4, 0.5) is 26.2 Å². The van der Waals surface area contributed by atoms with Crippen molar-refractivity contribution in [1.82, 2.24) is 14.9 Å². The van der Waals surface area contributed by atoms with Crippen molar-refractivity contribution in [3.05, 3.63) is 66.2 Å². The van der Waals surface area contributed by atoms with Crippen molar-refractivity contribution in [2.24, 2.45) is 0 Å². The van der Waals surface area contributed by atoms with Crippen LogP contribution in [0.25, 0.3) is 11.3 Å². The fraction of sp³-hybridized carbons (Fsp3) is 0.200. The summed E-state index contributed by atoms with van der Waals surface area (Å²) in [4.78, 5) is 11.0. The molecule has 2 aromatic carbocycles. The zero-order valence-corrected chi connectivity index (χ0v) is 15.2. The lowest BCUT2D eigenvalue weighted by Crippen LogP contribution is -2.21. The standard InChI is InChI=1S/C20H21F2N5/c1-27(2)12-11-23-20-25-17(14-7-4-3-5-8-14)13-18(26-20)24-16-10-6-9-15(21)19(16)22/h3-10,13H,11-12H2,1-2H3,(H2,23,24,25,26). The second-order valence-electron chi connectivity index (χ2n) is 6.28. The Morgan fingerprint density at radius 3 is 2.48 bits per heavy atom. The Bertz CT molecular complexity index is 900. The second kappa shape index (κ2) is 8.55. The van der Waals surface area contributed by atoms with Crippen LogP contribution in [0.15, 0.2) is 54.6 Å². The summed E-state index contributed by atoms with van der Waals surface area (Å²) >= 11 is 0. The molecule has 5 nitrogen and oxygen atoms in total. The average Bonchev–Trinajstić information content (AvgIpc) is 2.66. The summed E-state index contributed by atoms with van der Waals surface area (Å²) in [6, 6.07) is 15.3. The normalized spacial score (nSPS) is 10.9. The molecule has 2 N–H and O–H groups in total. The summed E-state index contributed by atoms with van der Waals surface area (Å²) < 4.78 is 27.5. The molecule has 0 radical (unpaired) electrons. The molecule has 0 fully saturated rings. The fourth-order valence-corrected chi connectivity index (χ4v) is 2.48. The number of likely N-dealkylation sites (N-methyl/N-ethyl adjacent to an activating group) is 1. The van der Waals surface area contributed by atoms with Gasteiger partial charge in [0.2, 0.25) is 5.95 Å². The quantitative estimate of drug-likeness (QED) is 0.656. The SMILES string of the molecule is CN(C)CCNc1nc(Nc2cccc(F)c2F)cc(-c2ccccc2)n1. The molecule has 1 aromatic heterocycles. The molecular formula is C20H21F2N5. The molecule has 140 valence electrons. The van der Waals surface area contributed by atoms with Gasteiger partial charge in [-0.25, -0.2) is 13.8 Å². The van der Waals surface area contributed by atoms with Crippen LogP contribution in [0.5, 0.6) is 0 Å². The van der Waals surface area contributed by atoms with Crippen molar-refractivity contribution < 1.29 is 8.78 Å². The predicted octanol–water partition coefficient (Wildman–Crippen LogP) is 4.14. The van der Waals surface area contributed by atoms with E-state index in [0.29, 0.717) is 24.0 Å². The molecule has 1 heterocycles. The third-order valence-electron chi connectivity index (χ3n) is 3.85. The van der Waals surface area contributed by atoms with E-state index in [1.807, 2.05) is 49.3 Å². The van der Waals surface area contributed by atoms with E-state index in [1.54, 1.807) is 6.07 Å². The second-order valence-corrected chi connectivity index (χ2v) is 6.28. The number of halogens is 2. The van der Waals surface area contributed by atoms with Crippen molar-refractivity contribution in [1.29, 1.82) is 0 Å². The van der Waals surface area contributed by atoms with Gasteiger partial charge in [0.05, 0.1) is 11.4 Å². The van der Waals surface area contributed by atoms with E-state index in [1.165, 1.54) is 12.1 Å². The average molecular weight is 369 g/mol. The minimum atomic E-state index is -0.945. The van der Waals surface area contributed by atoms with Gasteiger partial charge < -0.3 is 15.5 Å². The summed E-state index contributed by atoms with van der Waals surface area (Å²) in [6.07, 6.45) is 0. The lowest BCUT2D eigenvalue weighted by atomic mass is 10.1. The molecule has 0 bridgehead atoms. The third-order valence-corrected chi connectivity index (χ3v) is 3.85. The molecule has 0 amide bonds. The van der Waals surface area contributed by atoms with Gasteiger partial charge in [-0.15, -0.1) is 0 Å². The molecule has 0 aliphatic carbocycles. The zero-order chi connectivity index (χ0) is 19.2. The largest absolute Gasteiger partial charge is 0.353 e. The molecule has 0 saturated heterocycles. The van der Waals surface area contributed by atoms with E-state index in [0.717, 1.165) is 18.2 Å². The summed E-state index contributed by atoms with van der Waals surface area (Å²) in [7, 11) is 3.95. The molecule has 0 spiro atoms. The van der Waals surface area contributed by atoms with Gasteiger partial charge in [-0.2, -0.15) is 4.98 Å². The van der Waals surface area contributed by atoms with Crippen molar-refractivity contribution in [3.8, 4) is 11.3 Å². The van der Waals surface area contributed by atoms with Gasteiger partial charge in [-0.3, -0.25) is 0 Å². The van der Waals surface area contributed by atoms with E-state index in [-0.39, 0.29) is 5.69 Å². The van der Waals surface area contributed by atoms with Crippen molar-refractivity contribution in [3.63, 3.8) is 0 Å². The number of aromatic nitrogens is 2. The lowest BCUT2D eigenvalue weighted by molar-refractivity contribution is 0.425. The minimum Gasteiger partial charge on any atom is -0.353 e. The monoisotopic (exact) mass is 369 g/mol. The highest BCUT2D eigenvalue weighted by atomic mass is 19.2. The maximum atomic E-state index is 14.0. The number of benzene rings is 2. The molecule has 0 atom stereocenters.